The van der Waals surface area contributed by atoms with Crippen LogP contribution >= 0.6 is 0 Å². The standard InChI is InChI=1S/C20H18N4/c1-3-8-16(9-4-1)19-14-20(22-17-10-7-13-21-15-17)23-24(19)18-11-5-2-6-12-18/h1-13,15,19H,14H2,(H,22,23). The number of benzene rings is 2. The van der Waals surface area contributed by atoms with Gasteiger partial charge in [-0.2, -0.15) is 5.10 Å². The molecule has 0 radical (unpaired) electrons. The Morgan fingerprint density at radius 1 is 0.875 bits per heavy atom. The summed E-state index contributed by atoms with van der Waals surface area (Å²) in [5, 5.41) is 10.3. The van der Waals surface area contributed by atoms with E-state index in [1.807, 2.05) is 42.6 Å². The highest BCUT2D eigenvalue weighted by Gasteiger charge is 2.29. The predicted octanol–water partition coefficient (Wildman–Crippen LogP) is 4.46. The van der Waals surface area contributed by atoms with Crippen molar-refractivity contribution in [3.8, 4) is 0 Å². The maximum Gasteiger partial charge on any atom is 0.129 e. The van der Waals surface area contributed by atoms with Crippen LogP contribution in [-0.4, -0.2) is 10.8 Å². The third kappa shape index (κ3) is 2.99. The first-order valence-electron chi connectivity index (χ1n) is 8.04. The Balaban J connectivity index is 1.65. The summed E-state index contributed by atoms with van der Waals surface area (Å²) in [5.41, 5.74) is 3.31. The Hall–Kier alpha value is -3.14. The van der Waals surface area contributed by atoms with E-state index in [0.29, 0.717) is 0 Å². The fraction of sp³-hybridized carbons (Fsp3) is 0.100. The van der Waals surface area contributed by atoms with E-state index < -0.39 is 0 Å². The van der Waals surface area contributed by atoms with Gasteiger partial charge < -0.3 is 5.32 Å². The van der Waals surface area contributed by atoms with Gasteiger partial charge in [-0.3, -0.25) is 9.99 Å². The molecule has 118 valence electrons. The fourth-order valence-corrected chi connectivity index (χ4v) is 2.94. The van der Waals surface area contributed by atoms with Gasteiger partial charge in [-0.15, -0.1) is 0 Å². The highest BCUT2D eigenvalue weighted by Crippen LogP contribution is 2.35. The van der Waals surface area contributed by atoms with Gasteiger partial charge in [0.25, 0.3) is 0 Å². The summed E-state index contributed by atoms with van der Waals surface area (Å²) in [7, 11) is 0. The van der Waals surface area contributed by atoms with Crippen molar-refractivity contribution in [3.05, 3.63) is 90.8 Å². The molecule has 0 saturated heterocycles. The monoisotopic (exact) mass is 314 g/mol. The lowest BCUT2D eigenvalue weighted by Gasteiger charge is -2.23. The van der Waals surface area contributed by atoms with Crippen molar-refractivity contribution in [1.29, 1.82) is 0 Å². The van der Waals surface area contributed by atoms with Crippen molar-refractivity contribution in [2.24, 2.45) is 5.10 Å². The van der Waals surface area contributed by atoms with Crippen molar-refractivity contribution >= 4 is 17.2 Å². The van der Waals surface area contributed by atoms with Crippen molar-refractivity contribution in [2.75, 3.05) is 10.3 Å². The first-order chi connectivity index (χ1) is 11.9. The molecule has 0 fully saturated rings. The van der Waals surface area contributed by atoms with Gasteiger partial charge in [0, 0.05) is 12.6 Å². The number of amidine groups is 1. The summed E-state index contributed by atoms with van der Waals surface area (Å²) < 4.78 is 0. The highest BCUT2D eigenvalue weighted by atomic mass is 15.5. The Bertz CT molecular complexity index is 816. The largest absolute Gasteiger partial charge is 0.341 e. The SMILES string of the molecule is c1ccc(C2CC(Nc3cccnc3)=NN2c2ccccc2)cc1. The van der Waals surface area contributed by atoms with Gasteiger partial charge in [-0.25, -0.2) is 0 Å². The molecule has 4 rings (SSSR count). The molecular weight excluding hydrogens is 296 g/mol. The van der Waals surface area contributed by atoms with Gasteiger partial charge in [-0.05, 0) is 29.8 Å². The van der Waals surface area contributed by atoms with E-state index in [2.05, 4.69) is 51.7 Å². The van der Waals surface area contributed by atoms with Crippen LogP contribution in [0.4, 0.5) is 11.4 Å². The lowest BCUT2D eigenvalue weighted by Crippen LogP contribution is -2.18. The molecule has 3 aromatic rings. The molecule has 1 aliphatic heterocycles. The zero-order chi connectivity index (χ0) is 16.2. The zero-order valence-electron chi connectivity index (χ0n) is 13.2. The molecule has 4 heteroatoms. The maximum absolute atomic E-state index is 4.82. The van der Waals surface area contributed by atoms with Gasteiger partial charge in [0.1, 0.15) is 5.84 Å². The normalized spacial score (nSPS) is 16.8. The second-order valence-corrected chi connectivity index (χ2v) is 5.72. The fourth-order valence-electron chi connectivity index (χ4n) is 2.94. The van der Waals surface area contributed by atoms with E-state index in [0.717, 1.165) is 23.6 Å². The summed E-state index contributed by atoms with van der Waals surface area (Å²) in [5.74, 6) is 0.945. The predicted molar refractivity (Wildman–Crippen MR) is 98.0 cm³/mol. The smallest absolute Gasteiger partial charge is 0.129 e. The molecule has 1 atom stereocenters. The lowest BCUT2D eigenvalue weighted by atomic mass is 10.0. The van der Waals surface area contributed by atoms with Crippen molar-refractivity contribution < 1.29 is 0 Å². The van der Waals surface area contributed by atoms with Crippen LogP contribution in [0.5, 0.6) is 0 Å². The summed E-state index contributed by atoms with van der Waals surface area (Å²) in [6.07, 6.45) is 4.41. The van der Waals surface area contributed by atoms with Gasteiger partial charge in [0.15, 0.2) is 0 Å². The van der Waals surface area contributed by atoms with E-state index in [1.165, 1.54) is 5.56 Å². The Morgan fingerprint density at radius 3 is 2.33 bits per heavy atom. The maximum atomic E-state index is 4.82. The number of para-hydroxylation sites is 1. The topological polar surface area (TPSA) is 40.5 Å². The molecule has 0 aliphatic carbocycles. The molecule has 1 unspecified atom stereocenters. The Labute approximate surface area is 141 Å². The van der Waals surface area contributed by atoms with E-state index in [4.69, 9.17) is 5.10 Å². The molecule has 0 spiro atoms. The Morgan fingerprint density at radius 2 is 1.62 bits per heavy atom. The summed E-state index contributed by atoms with van der Waals surface area (Å²) in [6.45, 7) is 0. The zero-order valence-corrected chi connectivity index (χ0v) is 13.2. The van der Waals surface area contributed by atoms with Crippen LogP contribution in [0.25, 0.3) is 0 Å². The molecular formula is C20H18N4. The van der Waals surface area contributed by atoms with Crippen LogP contribution in [0.15, 0.2) is 90.3 Å². The molecule has 1 aliphatic rings. The molecule has 1 aromatic heterocycles. The van der Waals surface area contributed by atoms with Gasteiger partial charge in [-0.1, -0.05) is 48.5 Å². The summed E-state index contributed by atoms with van der Waals surface area (Å²) in [4.78, 5) is 4.15. The number of hydrazone groups is 1. The minimum Gasteiger partial charge on any atom is -0.341 e. The van der Waals surface area contributed by atoms with Crippen LogP contribution in [-0.2, 0) is 0 Å². The first-order valence-corrected chi connectivity index (χ1v) is 8.04. The van der Waals surface area contributed by atoms with E-state index in [9.17, 15) is 0 Å². The quantitative estimate of drug-likeness (QED) is 0.776. The molecule has 0 amide bonds. The second kappa shape index (κ2) is 6.54. The van der Waals surface area contributed by atoms with Crippen LogP contribution in [0.3, 0.4) is 0 Å². The van der Waals surface area contributed by atoms with Gasteiger partial charge >= 0.3 is 0 Å². The van der Waals surface area contributed by atoms with Crippen LogP contribution in [0.1, 0.15) is 18.0 Å². The molecule has 0 bridgehead atoms. The molecule has 24 heavy (non-hydrogen) atoms. The second-order valence-electron chi connectivity index (χ2n) is 5.72. The number of hydrogen-bond acceptors (Lipinski definition) is 4. The third-order valence-electron chi connectivity index (χ3n) is 4.07. The first kappa shape index (κ1) is 14.5. The van der Waals surface area contributed by atoms with E-state index >= 15 is 0 Å². The molecule has 1 N–H and O–H groups in total. The highest BCUT2D eigenvalue weighted by molar-refractivity contribution is 5.98. The number of aromatic nitrogens is 1. The van der Waals surface area contributed by atoms with Crippen molar-refractivity contribution in [1.82, 2.24) is 4.98 Å². The van der Waals surface area contributed by atoms with Crippen molar-refractivity contribution in [3.63, 3.8) is 0 Å². The third-order valence-corrected chi connectivity index (χ3v) is 4.07. The number of nitrogens with zero attached hydrogens (tertiary/aromatic N) is 3. The minimum absolute atomic E-state index is 0.188. The van der Waals surface area contributed by atoms with Crippen LogP contribution in [0, 0.1) is 0 Å². The number of rotatable bonds is 3. The molecule has 4 nitrogen and oxygen atoms in total. The van der Waals surface area contributed by atoms with Crippen molar-refractivity contribution in [2.45, 2.75) is 12.5 Å². The molecule has 2 heterocycles. The number of anilines is 2. The average molecular weight is 314 g/mol. The number of pyridine rings is 1. The van der Waals surface area contributed by atoms with E-state index in [-0.39, 0.29) is 6.04 Å². The van der Waals surface area contributed by atoms with Gasteiger partial charge in [0.05, 0.1) is 23.6 Å². The Kier molecular flexibility index (Phi) is 3.94. The average Bonchev–Trinajstić information content (AvgIpc) is 3.08. The van der Waals surface area contributed by atoms with Crippen LogP contribution < -0.4 is 10.3 Å². The van der Waals surface area contributed by atoms with Crippen LogP contribution in [0.2, 0.25) is 0 Å². The number of nitrogens with one attached hydrogen (secondary N) is 1. The molecule has 2 aromatic carbocycles. The summed E-state index contributed by atoms with van der Waals surface area (Å²) in [6, 6.07) is 24.9. The minimum atomic E-state index is 0.188. The van der Waals surface area contributed by atoms with Gasteiger partial charge in [0.2, 0.25) is 0 Å². The summed E-state index contributed by atoms with van der Waals surface area (Å²) >= 11 is 0. The lowest BCUT2D eigenvalue weighted by molar-refractivity contribution is 0.709. The molecule has 0 saturated carbocycles. The van der Waals surface area contributed by atoms with E-state index in [1.54, 1.807) is 6.20 Å². The number of hydrogen-bond donors (Lipinski definition) is 1.